The van der Waals surface area contributed by atoms with Crippen LogP contribution in [0.25, 0.3) is 0 Å². The Morgan fingerprint density at radius 2 is 1.78 bits per heavy atom. The minimum atomic E-state index is -0.860. The molecule has 2 fully saturated rings. The normalized spacial score (nSPS) is 17.0. The number of likely N-dealkylation sites (tertiary alicyclic amines) is 1. The average molecular weight is 491 g/mol. The molecule has 2 aromatic carbocycles. The van der Waals surface area contributed by atoms with Gasteiger partial charge in [0.05, 0.1) is 19.5 Å². The number of nitrogens with one attached hydrogen (secondary N) is 1. The second kappa shape index (κ2) is 9.85. The van der Waals surface area contributed by atoms with Crippen LogP contribution in [0.5, 0.6) is 0 Å². The molecule has 0 aliphatic carbocycles. The summed E-state index contributed by atoms with van der Waals surface area (Å²) >= 11 is 0. The molecule has 8 nitrogen and oxygen atoms in total. The van der Waals surface area contributed by atoms with E-state index in [1.807, 2.05) is 35.2 Å². The third-order valence-corrected chi connectivity index (χ3v) is 6.91. The third-order valence-electron chi connectivity index (χ3n) is 6.91. The van der Waals surface area contributed by atoms with Crippen LogP contribution >= 0.6 is 0 Å². The van der Waals surface area contributed by atoms with Crippen molar-refractivity contribution in [1.82, 2.24) is 15.1 Å². The Morgan fingerprint density at radius 1 is 1.00 bits per heavy atom. The fourth-order valence-electron chi connectivity index (χ4n) is 5.03. The van der Waals surface area contributed by atoms with E-state index in [1.165, 1.54) is 18.2 Å². The van der Waals surface area contributed by atoms with Crippen LogP contribution < -0.4 is 10.2 Å². The number of halogens is 1. The van der Waals surface area contributed by atoms with Gasteiger partial charge in [0.1, 0.15) is 23.7 Å². The Bertz CT molecular complexity index is 1240. The number of furan rings is 1. The first-order valence-corrected chi connectivity index (χ1v) is 11.9. The Balaban J connectivity index is 1.31. The summed E-state index contributed by atoms with van der Waals surface area (Å²) in [6.45, 7) is 1.15. The molecule has 186 valence electrons. The van der Waals surface area contributed by atoms with Gasteiger partial charge < -0.3 is 24.4 Å². The number of piperidine rings is 1. The number of anilines is 1. The Labute approximate surface area is 208 Å². The molecule has 2 aliphatic heterocycles. The van der Waals surface area contributed by atoms with Crippen LogP contribution in [0, 0.1) is 5.82 Å². The zero-order valence-corrected chi connectivity index (χ0v) is 19.7. The summed E-state index contributed by atoms with van der Waals surface area (Å²) in [6.07, 6.45) is 2.36. The molecule has 0 atom stereocenters. The molecular weight excluding hydrogens is 463 g/mol. The van der Waals surface area contributed by atoms with Crippen molar-refractivity contribution in [2.45, 2.75) is 24.9 Å². The molecule has 1 spiro atoms. The number of hydrogen-bond donors (Lipinski definition) is 1. The number of amides is 3. The van der Waals surface area contributed by atoms with E-state index < -0.39 is 11.4 Å². The van der Waals surface area contributed by atoms with Gasteiger partial charge in [0, 0.05) is 24.3 Å². The number of hydrogen-bond acceptors (Lipinski definition) is 5. The fraction of sp³-hybridized carbons (Fsp3) is 0.296. The van der Waals surface area contributed by atoms with Crippen molar-refractivity contribution < 1.29 is 23.2 Å². The van der Waals surface area contributed by atoms with E-state index in [0.29, 0.717) is 37.3 Å². The zero-order chi connectivity index (χ0) is 25.1. The number of benzene rings is 2. The molecule has 2 aliphatic rings. The molecule has 2 saturated heterocycles. The topological polar surface area (TPSA) is 86.1 Å². The van der Waals surface area contributed by atoms with Crippen molar-refractivity contribution in [2.24, 2.45) is 0 Å². The Morgan fingerprint density at radius 3 is 2.47 bits per heavy atom. The van der Waals surface area contributed by atoms with Crippen LogP contribution in [0.3, 0.4) is 0 Å². The predicted octanol–water partition coefficient (Wildman–Crippen LogP) is 3.02. The van der Waals surface area contributed by atoms with Gasteiger partial charge in [0.2, 0.25) is 5.91 Å². The van der Waals surface area contributed by atoms with Gasteiger partial charge in [0.25, 0.3) is 11.8 Å². The number of para-hydroxylation sites is 1. The molecule has 0 radical (unpaired) electrons. The van der Waals surface area contributed by atoms with Crippen LogP contribution in [0.15, 0.2) is 77.4 Å². The standard InChI is InChI=1S/C27H27FN4O4/c28-21-7-4-6-20(16-21)25(34)30-13-11-27(12-14-30)26(35)31(19-32(27)22-8-2-1-3-9-22)18-24(33)29-17-23-10-5-15-36-23/h1-10,15-16H,11-14,17-19H2,(H,29,33). The second-order valence-electron chi connectivity index (χ2n) is 9.10. The van der Waals surface area contributed by atoms with Crippen LogP contribution in [-0.4, -0.2) is 59.4 Å². The van der Waals surface area contributed by atoms with Gasteiger partial charge >= 0.3 is 0 Å². The molecule has 0 saturated carbocycles. The molecule has 3 aromatic rings. The van der Waals surface area contributed by atoms with Gasteiger partial charge in [-0.2, -0.15) is 0 Å². The maximum atomic E-state index is 13.8. The van der Waals surface area contributed by atoms with Gasteiger partial charge in [-0.15, -0.1) is 0 Å². The lowest BCUT2D eigenvalue weighted by Crippen LogP contribution is -2.57. The lowest BCUT2D eigenvalue weighted by molar-refractivity contribution is -0.137. The quantitative estimate of drug-likeness (QED) is 0.574. The highest BCUT2D eigenvalue weighted by Crippen LogP contribution is 2.39. The van der Waals surface area contributed by atoms with Crippen LogP contribution in [0.1, 0.15) is 29.0 Å². The maximum Gasteiger partial charge on any atom is 0.253 e. The smallest absolute Gasteiger partial charge is 0.253 e. The molecule has 9 heteroatoms. The zero-order valence-electron chi connectivity index (χ0n) is 19.7. The van der Waals surface area contributed by atoms with Gasteiger partial charge in [-0.05, 0) is 55.3 Å². The summed E-state index contributed by atoms with van der Waals surface area (Å²) in [7, 11) is 0. The van der Waals surface area contributed by atoms with Crippen LogP contribution in [-0.2, 0) is 16.1 Å². The van der Waals surface area contributed by atoms with E-state index >= 15 is 0 Å². The van der Waals surface area contributed by atoms with Crippen molar-refractivity contribution >= 4 is 23.4 Å². The molecule has 1 N–H and O–H groups in total. The maximum absolute atomic E-state index is 13.8. The second-order valence-corrected chi connectivity index (χ2v) is 9.10. The van der Waals surface area contributed by atoms with E-state index in [0.717, 1.165) is 5.69 Å². The first kappa shape index (κ1) is 23.6. The highest BCUT2D eigenvalue weighted by atomic mass is 19.1. The van der Waals surface area contributed by atoms with Gasteiger partial charge in [-0.3, -0.25) is 14.4 Å². The van der Waals surface area contributed by atoms with E-state index in [1.54, 1.807) is 34.3 Å². The predicted molar refractivity (Wildman–Crippen MR) is 130 cm³/mol. The summed E-state index contributed by atoms with van der Waals surface area (Å²) < 4.78 is 18.9. The third kappa shape index (κ3) is 4.56. The highest BCUT2D eigenvalue weighted by molar-refractivity contribution is 5.97. The lowest BCUT2D eigenvalue weighted by Gasteiger charge is -2.43. The largest absolute Gasteiger partial charge is 0.467 e. The van der Waals surface area contributed by atoms with Gasteiger partial charge in [0.15, 0.2) is 0 Å². The SMILES string of the molecule is O=C(CN1CN(c2ccccc2)C2(CCN(C(=O)c3cccc(F)c3)CC2)C1=O)NCc1ccco1. The molecule has 0 unspecified atom stereocenters. The van der Waals surface area contributed by atoms with E-state index in [2.05, 4.69) is 5.32 Å². The lowest BCUT2D eigenvalue weighted by atomic mass is 9.85. The summed E-state index contributed by atoms with van der Waals surface area (Å²) in [5, 5.41) is 2.79. The molecule has 0 bridgehead atoms. The average Bonchev–Trinajstić information content (AvgIpc) is 3.51. The summed E-state index contributed by atoms with van der Waals surface area (Å²) in [4.78, 5) is 44.6. The minimum Gasteiger partial charge on any atom is -0.467 e. The summed E-state index contributed by atoms with van der Waals surface area (Å²) in [5.41, 5.74) is 0.314. The van der Waals surface area contributed by atoms with Crippen LogP contribution in [0.2, 0.25) is 0 Å². The van der Waals surface area contributed by atoms with Crippen molar-refractivity contribution in [1.29, 1.82) is 0 Å². The molecular formula is C27H27FN4O4. The van der Waals surface area contributed by atoms with Crippen molar-refractivity contribution in [3.8, 4) is 0 Å². The molecule has 5 rings (SSSR count). The van der Waals surface area contributed by atoms with Gasteiger partial charge in [-0.1, -0.05) is 24.3 Å². The summed E-state index contributed by atoms with van der Waals surface area (Å²) in [6, 6.07) is 18.8. The van der Waals surface area contributed by atoms with Crippen molar-refractivity contribution in [3.05, 3.63) is 90.1 Å². The first-order valence-electron chi connectivity index (χ1n) is 11.9. The number of nitrogens with zero attached hydrogens (tertiary/aromatic N) is 3. The first-order chi connectivity index (χ1) is 17.5. The Kier molecular flexibility index (Phi) is 6.45. The van der Waals surface area contributed by atoms with Crippen LogP contribution in [0.4, 0.5) is 10.1 Å². The monoisotopic (exact) mass is 490 g/mol. The number of carbonyl (C=O) groups is 3. The minimum absolute atomic E-state index is 0.0729. The molecule has 36 heavy (non-hydrogen) atoms. The van der Waals surface area contributed by atoms with Crippen molar-refractivity contribution in [3.63, 3.8) is 0 Å². The number of carbonyl (C=O) groups excluding carboxylic acids is 3. The van der Waals surface area contributed by atoms with E-state index in [-0.39, 0.29) is 37.5 Å². The van der Waals surface area contributed by atoms with Crippen molar-refractivity contribution in [2.75, 3.05) is 31.2 Å². The molecule has 3 amide bonds. The molecule has 1 aromatic heterocycles. The van der Waals surface area contributed by atoms with E-state index in [9.17, 15) is 18.8 Å². The Hall–Kier alpha value is -4.14. The number of rotatable bonds is 6. The summed E-state index contributed by atoms with van der Waals surface area (Å²) in [5.74, 6) is -0.485. The van der Waals surface area contributed by atoms with Gasteiger partial charge in [-0.25, -0.2) is 4.39 Å². The fourth-order valence-corrected chi connectivity index (χ4v) is 5.03. The highest BCUT2D eigenvalue weighted by Gasteiger charge is 2.54. The molecule has 3 heterocycles. The van der Waals surface area contributed by atoms with E-state index in [4.69, 9.17) is 4.42 Å².